The molecule has 138 valence electrons. The number of halogens is 4. The maximum atomic E-state index is 12.6. The molecule has 0 aliphatic carbocycles. The van der Waals surface area contributed by atoms with E-state index in [0.29, 0.717) is 10.6 Å². The minimum atomic E-state index is -4.47. The molecule has 0 aliphatic rings. The highest BCUT2D eigenvalue weighted by Crippen LogP contribution is 2.32. The average Bonchev–Trinajstić information content (AvgIpc) is 2.56. The first-order valence-corrected chi connectivity index (χ1v) is 8.64. The molecule has 9 heteroatoms. The van der Waals surface area contributed by atoms with Crippen LogP contribution in [-0.2, 0) is 15.8 Å². The average molecular weight is 403 g/mol. The molecule has 0 bridgehead atoms. The van der Waals surface area contributed by atoms with Gasteiger partial charge in [-0.3, -0.25) is 4.79 Å². The highest BCUT2D eigenvalue weighted by Gasteiger charge is 2.30. The normalized spacial score (nSPS) is 12.5. The third-order valence-corrected chi connectivity index (χ3v) is 4.73. The molecule has 2 aromatic carbocycles. The lowest BCUT2D eigenvalue weighted by atomic mass is 10.1. The first kappa shape index (κ1) is 20.1. The van der Waals surface area contributed by atoms with E-state index in [1.54, 1.807) is 24.3 Å². The first-order valence-electron chi connectivity index (χ1n) is 7.22. The Labute approximate surface area is 156 Å². The molecular weight excluding hydrogens is 391 g/mol. The van der Waals surface area contributed by atoms with E-state index in [4.69, 9.17) is 11.6 Å². The van der Waals surface area contributed by atoms with Gasteiger partial charge in [-0.2, -0.15) is 13.2 Å². The second kappa shape index (κ2) is 8.46. The highest BCUT2D eigenvalue weighted by molar-refractivity contribution is 8.00. The summed E-state index contributed by atoms with van der Waals surface area (Å²) >= 11 is 6.63. The third kappa shape index (κ3) is 5.67. The maximum absolute atomic E-state index is 12.6. The highest BCUT2D eigenvalue weighted by atomic mass is 35.5. The number of alkyl halides is 3. The van der Waals surface area contributed by atoms with Crippen molar-refractivity contribution in [1.82, 2.24) is 0 Å². The largest absolute Gasteiger partial charge is 0.549 e. The van der Waals surface area contributed by atoms with Crippen molar-refractivity contribution in [3.05, 3.63) is 64.7 Å². The molecule has 1 N–H and O–H groups in total. The standard InChI is InChI=1S/C17H13ClF3NO3S/c18-12-5-1-10(2-6-12)15(26-9-14(23)24)16(25)22-13-7-3-11(4-8-13)17(19,20)21/h1-8,15H,9H2,(H,22,25)(H,23,24)/p-1/t15-/m1/s1. The van der Waals surface area contributed by atoms with E-state index in [9.17, 15) is 27.9 Å². The Morgan fingerprint density at radius 1 is 1.08 bits per heavy atom. The predicted octanol–water partition coefficient (Wildman–Crippen LogP) is 3.52. The Balaban J connectivity index is 2.17. The zero-order valence-electron chi connectivity index (χ0n) is 13.0. The van der Waals surface area contributed by atoms with Crippen LogP contribution in [0.4, 0.5) is 18.9 Å². The number of carbonyl (C=O) groups is 2. The summed E-state index contributed by atoms with van der Waals surface area (Å²) in [4.78, 5) is 23.2. The molecule has 1 amide bonds. The number of hydrogen-bond donors (Lipinski definition) is 1. The van der Waals surface area contributed by atoms with Crippen molar-refractivity contribution >= 4 is 40.9 Å². The van der Waals surface area contributed by atoms with Crippen LogP contribution in [0.1, 0.15) is 16.4 Å². The smallest absolute Gasteiger partial charge is 0.416 e. The molecule has 0 fully saturated rings. The number of benzene rings is 2. The summed E-state index contributed by atoms with van der Waals surface area (Å²) in [6.07, 6.45) is -4.47. The molecule has 0 saturated carbocycles. The summed E-state index contributed by atoms with van der Waals surface area (Å²) in [5.74, 6) is -2.33. The van der Waals surface area contributed by atoms with E-state index in [0.717, 1.165) is 36.0 Å². The number of carbonyl (C=O) groups excluding carboxylic acids is 2. The van der Waals surface area contributed by atoms with Crippen LogP contribution in [0.2, 0.25) is 5.02 Å². The molecule has 0 unspecified atom stereocenters. The van der Waals surface area contributed by atoms with Gasteiger partial charge in [-0.05, 0) is 42.0 Å². The molecule has 0 aliphatic heterocycles. The van der Waals surface area contributed by atoms with Crippen LogP contribution in [0.3, 0.4) is 0 Å². The summed E-state index contributed by atoms with van der Waals surface area (Å²) in [7, 11) is 0. The number of amides is 1. The number of aliphatic carboxylic acids is 1. The van der Waals surface area contributed by atoms with Gasteiger partial charge in [-0.15, -0.1) is 11.8 Å². The number of rotatable bonds is 6. The molecular formula is C17H12ClF3NO3S-. The summed E-state index contributed by atoms with van der Waals surface area (Å²) in [5, 5.41) is 12.7. The molecule has 2 aromatic rings. The van der Waals surface area contributed by atoms with Crippen molar-refractivity contribution in [3.63, 3.8) is 0 Å². The number of carboxylic acid groups (broad SMARTS) is 1. The Morgan fingerprint density at radius 3 is 2.15 bits per heavy atom. The van der Waals surface area contributed by atoms with Gasteiger partial charge < -0.3 is 15.2 Å². The first-order chi connectivity index (χ1) is 12.2. The van der Waals surface area contributed by atoms with E-state index >= 15 is 0 Å². The van der Waals surface area contributed by atoms with Crippen LogP contribution in [0, 0.1) is 0 Å². The monoisotopic (exact) mass is 402 g/mol. The fraction of sp³-hybridized carbons (Fsp3) is 0.176. The number of hydrogen-bond acceptors (Lipinski definition) is 4. The molecule has 0 aromatic heterocycles. The topological polar surface area (TPSA) is 69.2 Å². The van der Waals surface area contributed by atoms with Gasteiger partial charge in [0.2, 0.25) is 5.91 Å². The van der Waals surface area contributed by atoms with E-state index < -0.39 is 34.6 Å². The fourth-order valence-electron chi connectivity index (χ4n) is 2.06. The van der Waals surface area contributed by atoms with E-state index in [2.05, 4.69) is 5.32 Å². The Morgan fingerprint density at radius 2 is 1.65 bits per heavy atom. The number of thioether (sulfide) groups is 1. The zero-order chi connectivity index (χ0) is 19.3. The van der Waals surface area contributed by atoms with Crippen molar-refractivity contribution in [1.29, 1.82) is 0 Å². The third-order valence-electron chi connectivity index (χ3n) is 3.26. The molecule has 2 rings (SSSR count). The number of carboxylic acids is 1. The number of nitrogens with one attached hydrogen (secondary N) is 1. The van der Waals surface area contributed by atoms with E-state index in [1.807, 2.05) is 0 Å². The van der Waals surface area contributed by atoms with Crippen LogP contribution in [0.15, 0.2) is 48.5 Å². The van der Waals surface area contributed by atoms with Crippen molar-refractivity contribution in [2.24, 2.45) is 0 Å². The second-order valence-corrected chi connectivity index (χ2v) is 6.71. The lowest BCUT2D eigenvalue weighted by molar-refractivity contribution is -0.301. The Kier molecular flexibility index (Phi) is 6.55. The van der Waals surface area contributed by atoms with Gasteiger partial charge in [0.15, 0.2) is 0 Å². The molecule has 0 radical (unpaired) electrons. The summed E-state index contributed by atoms with van der Waals surface area (Å²) in [6.45, 7) is 0. The molecule has 0 saturated heterocycles. The van der Waals surface area contributed by atoms with Crippen LogP contribution in [-0.4, -0.2) is 17.6 Å². The minimum absolute atomic E-state index is 0.163. The maximum Gasteiger partial charge on any atom is 0.416 e. The van der Waals surface area contributed by atoms with Crippen molar-refractivity contribution < 1.29 is 27.9 Å². The van der Waals surface area contributed by atoms with Gasteiger partial charge in [-0.1, -0.05) is 23.7 Å². The van der Waals surface area contributed by atoms with Gasteiger partial charge in [0.05, 0.1) is 11.5 Å². The quantitative estimate of drug-likeness (QED) is 0.802. The molecule has 4 nitrogen and oxygen atoms in total. The van der Waals surface area contributed by atoms with Crippen LogP contribution in [0.25, 0.3) is 0 Å². The van der Waals surface area contributed by atoms with E-state index in [1.165, 1.54) is 0 Å². The lowest BCUT2D eigenvalue weighted by Gasteiger charge is -2.18. The summed E-state index contributed by atoms with van der Waals surface area (Å²) < 4.78 is 37.7. The van der Waals surface area contributed by atoms with Crippen LogP contribution < -0.4 is 10.4 Å². The number of anilines is 1. The molecule has 26 heavy (non-hydrogen) atoms. The Hall–Kier alpha value is -2.19. The summed E-state index contributed by atoms with van der Waals surface area (Å²) in [6, 6.07) is 10.2. The van der Waals surface area contributed by atoms with Crippen LogP contribution >= 0.6 is 23.4 Å². The minimum Gasteiger partial charge on any atom is -0.549 e. The van der Waals surface area contributed by atoms with E-state index in [-0.39, 0.29) is 5.69 Å². The fourth-order valence-corrected chi connectivity index (χ4v) is 3.05. The van der Waals surface area contributed by atoms with Gasteiger partial charge in [0, 0.05) is 16.5 Å². The lowest BCUT2D eigenvalue weighted by Crippen LogP contribution is -2.27. The van der Waals surface area contributed by atoms with Gasteiger partial charge in [0.1, 0.15) is 5.25 Å². The Bertz CT molecular complexity index is 779. The molecule has 1 atom stereocenters. The van der Waals surface area contributed by atoms with Gasteiger partial charge in [0.25, 0.3) is 0 Å². The van der Waals surface area contributed by atoms with Crippen LogP contribution in [0.5, 0.6) is 0 Å². The summed E-state index contributed by atoms with van der Waals surface area (Å²) in [5.41, 5.74) is -0.169. The predicted molar refractivity (Wildman–Crippen MR) is 91.7 cm³/mol. The van der Waals surface area contributed by atoms with Gasteiger partial charge >= 0.3 is 6.18 Å². The zero-order valence-corrected chi connectivity index (χ0v) is 14.6. The molecule has 0 heterocycles. The SMILES string of the molecule is O=C([O-])CS[C@@H](C(=O)Nc1ccc(C(F)(F)F)cc1)c1ccc(Cl)cc1. The molecule has 0 spiro atoms. The van der Waals surface area contributed by atoms with Gasteiger partial charge in [-0.25, -0.2) is 0 Å². The second-order valence-electron chi connectivity index (χ2n) is 5.18. The van der Waals surface area contributed by atoms with Crippen molar-refractivity contribution in [2.45, 2.75) is 11.4 Å². The van der Waals surface area contributed by atoms with Crippen molar-refractivity contribution in [2.75, 3.05) is 11.1 Å². The van der Waals surface area contributed by atoms with Crippen molar-refractivity contribution in [3.8, 4) is 0 Å².